The summed E-state index contributed by atoms with van der Waals surface area (Å²) in [5.74, 6) is 0. The molecule has 0 radical (unpaired) electrons. The average molecular weight is 270 g/mol. The summed E-state index contributed by atoms with van der Waals surface area (Å²) in [6.07, 6.45) is -1.04. The second-order valence-corrected chi connectivity index (χ2v) is 9.32. The molecule has 0 saturated heterocycles. The van der Waals surface area contributed by atoms with Crippen molar-refractivity contribution in [2.24, 2.45) is 0 Å². The molecule has 0 saturated carbocycles. The second-order valence-electron chi connectivity index (χ2n) is 6.03. The SMILES string of the molecule is CC(C)(C)S(=O)(=O)C(C)(C)[C@@H](O)c1ccccc1. The lowest BCUT2D eigenvalue weighted by Gasteiger charge is -2.36. The molecule has 0 aromatic heterocycles. The van der Waals surface area contributed by atoms with Gasteiger partial charge in [-0.05, 0) is 40.2 Å². The zero-order chi connectivity index (χ0) is 14.2. The van der Waals surface area contributed by atoms with Gasteiger partial charge >= 0.3 is 0 Å². The Morgan fingerprint density at radius 3 is 1.83 bits per heavy atom. The van der Waals surface area contributed by atoms with Crippen LogP contribution in [-0.2, 0) is 9.84 Å². The van der Waals surface area contributed by atoms with Crippen molar-refractivity contribution in [3.8, 4) is 0 Å². The minimum absolute atomic E-state index is 0.621. The molecule has 0 spiro atoms. The molecule has 102 valence electrons. The van der Waals surface area contributed by atoms with E-state index in [1.165, 1.54) is 0 Å². The molecule has 0 aliphatic heterocycles. The molecular formula is C14H22O3S. The molecule has 0 unspecified atom stereocenters. The largest absolute Gasteiger partial charge is 0.387 e. The van der Waals surface area contributed by atoms with Gasteiger partial charge in [-0.25, -0.2) is 8.42 Å². The molecule has 3 nitrogen and oxygen atoms in total. The standard InChI is InChI=1S/C14H22O3S/c1-13(2,3)18(16,17)14(4,5)12(15)11-9-7-6-8-10-11/h6-10,12,15H,1-5H3/t12-/m0/s1. The fourth-order valence-corrected chi connectivity index (χ4v) is 3.98. The maximum absolute atomic E-state index is 12.5. The first-order chi connectivity index (χ1) is 8.02. The Balaban J connectivity index is 3.24. The fraction of sp³-hybridized carbons (Fsp3) is 0.571. The third-order valence-electron chi connectivity index (χ3n) is 3.27. The van der Waals surface area contributed by atoms with E-state index in [1.807, 2.05) is 6.07 Å². The smallest absolute Gasteiger partial charge is 0.163 e. The van der Waals surface area contributed by atoms with Crippen molar-refractivity contribution < 1.29 is 13.5 Å². The van der Waals surface area contributed by atoms with Crippen LogP contribution in [0.15, 0.2) is 30.3 Å². The van der Waals surface area contributed by atoms with Gasteiger partial charge in [-0.2, -0.15) is 0 Å². The zero-order valence-corrected chi connectivity index (χ0v) is 12.5. The molecule has 0 aliphatic rings. The third-order valence-corrected chi connectivity index (χ3v) is 6.49. The normalized spacial score (nSPS) is 15.4. The van der Waals surface area contributed by atoms with Crippen LogP contribution >= 0.6 is 0 Å². The predicted octanol–water partition coefficient (Wildman–Crippen LogP) is 2.71. The van der Waals surface area contributed by atoms with Gasteiger partial charge < -0.3 is 5.11 Å². The van der Waals surface area contributed by atoms with E-state index in [0.717, 1.165) is 0 Å². The Morgan fingerprint density at radius 2 is 1.44 bits per heavy atom. The van der Waals surface area contributed by atoms with Crippen LogP contribution in [0.4, 0.5) is 0 Å². The van der Waals surface area contributed by atoms with E-state index in [2.05, 4.69) is 0 Å². The van der Waals surface area contributed by atoms with Crippen molar-refractivity contribution in [1.29, 1.82) is 0 Å². The lowest BCUT2D eigenvalue weighted by molar-refractivity contribution is 0.138. The number of rotatable bonds is 3. The molecule has 1 atom stereocenters. The quantitative estimate of drug-likeness (QED) is 0.918. The number of aliphatic hydroxyl groups is 1. The van der Waals surface area contributed by atoms with E-state index in [9.17, 15) is 13.5 Å². The first kappa shape index (κ1) is 15.2. The molecule has 1 aromatic carbocycles. The predicted molar refractivity (Wildman–Crippen MR) is 74.2 cm³/mol. The van der Waals surface area contributed by atoms with Gasteiger partial charge in [0.2, 0.25) is 0 Å². The maximum Gasteiger partial charge on any atom is 0.163 e. The van der Waals surface area contributed by atoms with Crippen molar-refractivity contribution in [2.75, 3.05) is 0 Å². The van der Waals surface area contributed by atoms with Crippen LogP contribution in [0, 0.1) is 0 Å². The number of hydrogen-bond donors (Lipinski definition) is 1. The highest BCUT2D eigenvalue weighted by Gasteiger charge is 2.48. The van der Waals surface area contributed by atoms with E-state index in [1.54, 1.807) is 58.9 Å². The van der Waals surface area contributed by atoms with Gasteiger partial charge in [0, 0.05) is 0 Å². The summed E-state index contributed by atoms with van der Waals surface area (Å²) in [5, 5.41) is 10.4. The summed E-state index contributed by atoms with van der Waals surface area (Å²) >= 11 is 0. The van der Waals surface area contributed by atoms with Crippen LogP contribution in [-0.4, -0.2) is 23.0 Å². The molecule has 0 aliphatic carbocycles. The van der Waals surface area contributed by atoms with Gasteiger partial charge in [-0.15, -0.1) is 0 Å². The van der Waals surface area contributed by atoms with Crippen LogP contribution in [0.1, 0.15) is 46.3 Å². The summed E-state index contributed by atoms with van der Waals surface area (Å²) in [6, 6.07) is 8.90. The zero-order valence-electron chi connectivity index (χ0n) is 11.6. The molecule has 1 N–H and O–H groups in total. The van der Waals surface area contributed by atoms with Crippen LogP contribution in [0.2, 0.25) is 0 Å². The maximum atomic E-state index is 12.5. The lowest BCUT2D eigenvalue weighted by atomic mass is 9.98. The van der Waals surface area contributed by atoms with E-state index in [4.69, 9.17) is 0 Å². The minimum atomic E-state index is -3.47. The van der Waals surface area contributed by atoms with Crippen molar-refractivity contribution in [1.82, 2.24) is 0 Å². The number of benzene rings is 1. The third kappa shape index (κ3) is 2.45. The van der Waals surface area contributed by atoms with Crippen molar-refractivity contribution >= 4 is 9.84 Å². The van der Waals surface area contributed by atoms with E-state index >= 15 is 0 Å². The second kappa shape index (κ2) is 4.67. The molecule has 4 heteroatoms. The summed E-state index contributed by atoms with van der Waals surface area (Å²) in [4.78, 5) is 0. The molecular weight excluding hydrogens is 248 g/mol. The lowest BCUT2D eigenvalue weighted by Crippen LogP contribution is -2.47. The summed E-state index contributed by atoms with van der Waals surface area (Å²) in [5.41, 5.74) is 0.621. The monoisotopic (exact) mass is 270 g/mol. The summed E-state index contributed by atoms with van der Waals surface area (Å²) in [6.45, 7) is 8.11. The Labute approximate surface area is 110 Å². The Hall–Kier alpha value is -0.870. The van der Waals surface area contributed by atoms with Gasteiger partial charge in [0.05, 0.1) is 15.6 Å². The number of hydrogen-bond acceptors (Lipinski definition) is 3. The van der Waals surface area contributed by atoms with Crippen molar-refractivity contribution in [2.45, 2.75) is 50.2 Å². The summed E-state index contributed by atoms with van der Waals surface area (Å²) in [7, 11) is -3.47. The minimum Gasteiger partial charge on any atom is -0.387 e. The van der Waals surface area contributed by atoms with Gasteiger partial charge in [-0.1, -0.05) is 30.3 Å². The Kier molecular flexibility index (Phi) is 3.94. The van der Waals surface area contributed by atoms with E-state index < -0.39 is 25.4 Å². The fourth-order valence-electron chi connectivity index (χ4n) is 1.97. The van der Waals surface area contributed by atoms with Crippen LogP contribution in [0.25, 0.3) is 0 Å². The van der Waals surface area contributed by atoms with Gasteiger partial charge in [-0.3, -0.25) is 0 Å². The van der Waals surface area contributed by atoms with Gasteiger partial charge in [0.1, 0.15) is 0 Å². The summed E-state index contributed by atoms with van der Waals surface area (Å²) < 4.78 is 22.9. The molecule has 0 amide bonds. The van der Waals surface area contributed by atoms with Crippen LogP contribution in [0.5, 0.6) is 0 Å². The first-order valence-electron chi connectivity index (χ1n) is 5.99. The Morgan fingerprint density at radius 1 is 1.00 bits per heavy atom. The average Bonchev–Trinajstić information content (AvgIpc) is 2.27. The number of aliphatic hydroxyl groups excluding tert-OH is 1. The number of sulfone groups is 1. The molecule has 0 heterocycles. The molecule has 0 fully saturated rings. The van der Waals surface area contributed by atoms with Gasteiger partial charge in [0.15, 0.2) is 9.84 Å². The van der Waals surface area contributed by atoms with E-state index in [-0.39, 0.29) is 0 Å². The molecule has 1 rings (SSSR count). The highest BCUT2D eigenvalue weighted by molar-refractivity contribution is 7.94. The topological polar surface area (TPSA) is 54.4 Å². The van der Waals surface area contributed by atoms with Gasteiger partial charge in [0.25, 0.3) is 0 Å². The highest BCUT2D eigenvalue weighted by Crippen LogP contribution is 2.38. The molecule has 18 heavy (non-hydrogen) atoms. The van der Waals surface area contributed by atoms with Crippen molar-refractivity contribution in [3.05, 3.63) is 35.9 Å². The van der Waals surface area contributed by atoms with E-state index in [0.29, 0.717) is 5.56 Å². The molecule has 0 bridgehead atoms. The van der Waals surface area contributed by atoms with Crippen LogP contribution in [0.3, 0.4) is 0 Å². The molecule has 1 aromatic rings. The Bertz CT molecular complexity index is 496. The first-order valence-corrected chi connectivity index (χ1v) is 7.47. The van der Waals surface area contributed by atoms with Crippen LogP contribution < -0.4 is 0 Å². The van der Waals surface area contributed by atoms with Crippen molar-refractivity contribution in [3.63, 3.8) is 0 Å². The highest BCUT2D eigenvalue weighted by atomic mass is 32.2.